The Kier molecular flexibility index (Phi) is 5.49. The number of hydrogen-bond donors (Lipinski definition) is 1. The fourth-order valence-corrected chi connectivity index (χ4v) is 4.30. The molecule has 1 spiro atoms. The number of nitrogens with zero attached hydrogens (tertiary/aromatic N) is 2. The van der Waals surface area contributed by atoms with E-state index in [0.29, 0.717) is 25.6 Å². The van der Waals surface area contributed by atoms with Gasteiger partial charge in [-0.2, -0.15) is 5.10 Å². The minimum absolute atomic E-state index is 0.0395. The SMILES string of the molecule is CCC(NC(=O)CC1CCC2(CC1)OCCO2)c1c(C)nn(C)c1C. The molecular weight excluding hydrogens is 318 g/mol. The van der Waals surface area contributed by atoms with E-state index >= 15 is 0 Å². The van der Waals surface area contributed by atoms with Gasteiger partial charge in [-0.15, -0.1) is 0 Å². The maximum Gasteiger partial charge on any atom is 0.220 e. The summed E-state index contributed by atoms with van der Waals surface area (Å²) in [5, 5.41) is 7.71. The lowest BCUT2D eigenvalue weighted by atomic mass is 9.83. The summed E-state index contributed by atoms with van der Waals surface area (Å²) in [5.41, 5.74) is 3.29. The van der Waals surface area contributed by atoms with Crippen LogP contribution in [0, 0.1) is 19.8 Å². The fourth-order valence-electron chi connectivity index (χ4n) is 4.30. The average Bonchev–Trinajstić information content (AvgIpc) is 3.13. The van der Waals surface area contributed by atoms with Crippen molar-refractivity contribution in [1.29, 1.82) is 0 Å². The van der Waals surface area contributed by atoms with Crippen molar-refractivity contribution in [2.45, 2.75) is 71.1 Å². The minimum Gasteiger partial charge on any atom is -0.349 e. The fraction of sp³-hybridized carbons (Fsp3) is 0.789. The van der Waals surface area contributed by atoms with E-state index in [1.807, 2.05) is 18.7 Å². The highest BCUT2D eigenvalue weighted by molar-refractivity contribution is 5.76. The molecule has 0 radical (unpaired) electrons. The Morgan fingerprint density at radius 3 is 2.48 bits per heavy atom. The second kappa shape index (κ2) is 7.46. The van der Waals surface area contributed by atoms with Crippen LogP contribution < -0.4 is 5.32 Å². The molecule has 1 saturated carbocycles. The van der Waals surface area contributed by atoms with Gasteiger partial charge < -0.3 is 14.8 Å². The van der Waals surface area contributed by atoms with Crippen LogP contribution in [-0.4, -0.2) is 34.7 Å². The Hall–Kier alpha value is -1.40. The quantitative estimate of drug-likeness (QED) is 0.888. The van der Waals surface area contributed by atoms with Crippen LogP contribution in [-0.2, 0) is 21.3 Å². The molecule has 6 nitrogen and oxygen atoms in total. The van der Waals surface area contributed by atoms with Gasteiger partial charge in [-0.3, -0.25) is 9.48 Å². The number of nitrogens with one attached hydrogen (secondary N) is 1. The normalized spacial score (nSPS) is 21.6. The number of ether oxygens (including phenoxy) is 2. The van der Waals surface area contributed by atoms with Gasteiger partial charge >= 0.3 is 0 Å². The Bertz CT molecular complexity index is 610. The summed E-state index contributed by atoms with van der Waals surface area (Å²) < 4.78 is 13.4. The zero-order chi connectivity index (χ0) is 18.0. The third-order valence-corrected chi connectivity index (χ3v) is 5.81. The van der Waals surface area contributed by atoms with Crippen molar-refractivity contribution >= 4 is 5.91 Å². The number of carbonyl (C=O) groups is 1. The number of aromatic nitrogens is 2. The van der Waals surface area contributed by atoms with E-state index in [-0.39, 0.29) is 17.7 Å². The average molecular weight is 349 g/mol. The molecule has 1 aromatic heterocycles. The molecule has 3 rings (SSSR count). The lowest BCUT2D eigenvalue weighted by molar-refractivity contribution is -0.183. The summed E-state index contributed by atoms with van der Waals surface area (Å²) in [4.78, 5) is 12.6. The van der Waals surface area contributed by atoms with Gasteiger partial charge in [-0.1, -0.05) is 6.92 Å². The molecule has 1 atom stereocenters. The van der Waals surface area contributed by atoms with Gasteiger partial charge in [-0.05, 0) is 39.0 Å². The first kappa shape index (κ1) is 18.4. The Morgan fingerprint density at radius 1 is 1.32 bits per heavy atom. The largest absolute Gasteiger partial charge is 0.349 e. The lowest BCUT2D eigenvalue weighted by Crippen LogP contribution is -2.37. The molecule has 2 aliphatic rings. The topological polar surface area (TPSA) is 65.4 Å². The van der Waals surface area contributed by atoms with Crippen LogP contribution in [0.2, 0.25) is 0 Å². The van der Waals surface area contributed by atoms with E-state index in [9.17, 15) is 4.79 Å². The summed E-state index contributed by atoms with van der Waals surface area (Å²) in [7, 11) is 1.95. The van der Waals surface area contributed by atoms with Crippen LogP contribution in [0.1, 0.15) is 68.4 Å². The summed E-state index contributed by atoms with van der Waals surface area (Å²) >= 11 is 0. The molecule has 1 amide bonds. The van der Waals surface area contributed by atoms with Gasteiger partial charge in [0.25, 0.3) is 0 Å². The van der Waals surface area contributed by atoms with Crippen molar-refractivity contribution in [3.8, 4) is 0 Å². The maximum atomic E-state index is 12.6. The Balaban J connectivity index is 1.54. The van der Waals surface area contributed by atoms with E-state index in [4.69, 9.17) is 9.47 Å². The van der Waals surface area contributed by atoms with Gasteiger partial charge in [0.05, 0.1) is 24.9 Å². The van der Waals surface area contributed by atoms with Crippen molar-refractivity contribution in [2.24, 2.45) is 13.0 Å². The first-order chi connectivity index (χ1) is 11.9. The van der Waals surface area contributed by atoms with Crippen molar-refractivity contribution in [3.63, 3.8) is 0 Å². The highest BCUT2D eigenvalue weighted by Crippen LogP contribution is 2.39. The zero-order valence-corrected chi connectivity index (χ0v) is 15.9. The van der Waals surface area contributed by atoms with Gasteiger partial charge in [-0.25, -0.2) is 0 Å². The molecule has 1 aromatic rings. The van der Waals surface area contributed by atoms with Crippen LogP contribution in [0.4, 0.5) is 0 Å². The molecule has 25 heavy (non-hydrogen) atoms. The number of rotatable bonds is 5. The van der Waals surface area contributed by atoms with Crippen molar-refractivity contribution < 1.29 is 14.3 Å². The zero-order valence-electron chi connectivity index (χ0n) is 15.9. The standard InChI is InChI=1S/C19H31N3O3/c1-5-16(18-13(2)21-22(4)14(18)3)20-17(23)12-15-6-8-19(9-7-15)24-10-11-25-19/h15-16H,5-12H2,1-4H3,(H,20,23). The van der Waals surface area contributed by atoms with Crippen LogP contribution in [0.3, 0.4) is 0 Å². The summed E-state index contributed by atoms with van der Waals surface area (Å²) in [6.45, 7) is 7.59. The molecule has 140 valence electrons. The van der Waals surface area contributed by atoms with E-state index in [1.165, 1.54) is 0 Å². The Labute approximate surface area is 150 Å². The summed E-state index contributed by atoms with van der Waals surface area (Å²) in [6.07, 6.45) is 5.26. The third-order valence-electron chi connectivity index (χ3n) is 5.81. The number of aryl methyl sites for hydroxylation is 2. The molecule has 1 N–H and O–H groups in total. The molecule has 0 bridgehead atoms. The van der Waals surface area contributed by atoms with E-state index in [2.05, 4.69) is 24.3 Å². The van der Waals surface area contributed by atoms with E-state index in [1.54, 1.807) is 0 Å². The van der Waals surface area contributed by atoms with Gasteiger partial charge in [0.2, 0.25) is 5.91 Å². The molecule has 1 aliphatic carbocycles. The monoisotopic (exact) mass is 349 g/mol. The number of carbonyl (C=O) groups excluding carboxylic acids is 1. The molecular formula is C19H31N3O3. The number of amides is 1. The van der Waals surface area contributed by atoms with Crippen LogP contribution in [0.5, 0.6) is 0 Å². The Morgan fingerprint density at radius 2 is 1.96 bits per heavy atom. The first-order valence-corrected chi connectivity index (χ1v) is 9.51. The third kappa shape index (κ3) is 3.90. The lowest BCUT2D eigenvalue weighted by Gasteiger charge is -2.35. The van der Waals surface area contributed by atoms with Crippen molar-refractivity contribution in [3.05, 3.63) is 17.0 Å². The van der Waals surface area contributed by atoms with E-state index in [0.717, 1.165) is 49.1 Å². The molecule has 2 heterocycles. The van der Waals surface area contributed by atoms with Crippen LogP contribution in [0.15, 0.2) is 0 Å². The molecule has 6 heteroatoms. The van der Waals surface area contributed by atoms with Crippen molar-refractivity contribution in [2.75, 3.05) is 13.2 Å². The summed E-state index contributed by atoms with van der Waals surface area (Å²) in [6, 6.07) is 0.0395. The smallest absolute Gasteiger partial charge is 0.220 e. The van der Waals surface area contributed by atoms with Gasteiger partial charge in [0.15, 0.2) is 5.79 Å². The van der Waals surface area contributed by atoms with Crippen LogP contribution in [0.25, 0.3) is 0 Å². The highest BCUT2D eigenvalue weighted by Gasteiger charge is 2.40. The first-order valence-electron chi connectivity index (χ1n) is 9.51. The minimum atomic E-state index is -0.344. The van der Waals surface area contributed by atoms with Crippen LogP contribution >= 0.6 is 0 Å². The molecule has 0 aromatic carbocycles. The predicted octanol–water partition coefficient (Wildman–Crippen LogP) is 2.93. The van der Waals surface area contributed by atoms with Gasteiger partial charge in [0, 0.05) is 37.6 Å². The second-order valence-electron chi connectivity index (χ2n) is 7.49. The predicted molar refractivity (Wildman–Crippen MR) is 95.1 cm³/mol. The maximum absolute atomic E-state index is 12.6. The summed E-state index contributed by atoms with van der Waals surface area (Å²) in [5.74, 6) is 0.221. The van der Waals surface area contributed by atoms with Crippen molar-refractivity contribution in [1.82, 2.24) is 15.1 Å². The highest BCUT2D eigenvalue weighted by atomic mass is 16.7. The molecule has 2 fully saturated rings. The number of hydrogen-bond acceptors (Lipinski definition) is 4. The molecule has 1 unspecified atom stereocenters. The molecule has 1 saturated heterocycles. The van der Waals surface area contributed by atoms with E-state index < -0.39 is 0 Å². The van der Waals surface area contributed by atoms with Gasteiger partial charge in [0.1, 0.15) is 0 Å². The molecule has 1 aliphatic heterocycles. The second-order valence-corrected chi connectivity index (χ2v) is 7.49.